The lowest BCUT2D eigenvalue weighted by Crippen LogP contribution is -2.66. The Morgan fingerprint density at radius 3 is 2.30 bits per heavy atom. The highest BCUT2D eigenvalue weighted by atomic mass is 16.5. The van der Waals surface area contributed by atoms with Gasteiger partial charge in [-0.3, -0.25) is 9.59 Å². The van der Waals surface area contributed by atoms with Gasteiger partial charge in [0, 0.05) is 19.2 Å². The van der Waals surface area contributed by atoms with Crippen molar-refractivity contribution in [2.45, 2.75) is 84.1 Å². The molecule has 2 amide bonds. The molecule has 12 heteroatoms. The van der Waals surface area contributed by atoms with Crippen molar-refractivity contribution in [2.24, 2.45) is 23.7 Å². The van der Waals surface area contributed by atoms with Crippen LogP contribution in [0.15, 0.2) is 42.5 Å². The van der Waals surface area contributed by atoms with Crippen LogP contribution < -0.4 is 20.1 Å². The van der Waals surface area contributed by atoms with Gasteiger partial charge in [-0.2, -0.15) is 5.10 Å². The number of carbonyl (C=O) groups excluding carboxylic acids is 2. The Labute approximate surface area is 333 Å². The van der Waals surface area contributed by atoms with Gasteiger partial charge in [0.15, 0.2) is 5.69 Å². The molecule has 5 atom stereocenters. The molecule has 2 bridgehead atoms. The third-order valence-corrected chi connectivity index (χ3v) is 12.4. The van der Waals surface area contributed by atoms with Crippen LogP contribution in [0, 0.1) is 23.7 Å². The maximum absolute atomic E-state index is 14.5. The van der Waals surface area contributed by atoms with Gasteiger partial charge < -0.3 is 35.0 Å². The first-order valence-corrected chi connectivity index (χ1v) is 20.4. The van der Waals surface area contributed by atoms with Crippen LogP contribution in [0.3, 0.4) is 0 Å². The predicted octanol–water partition coefficient (Wildman–Crippen LogP) is 6.72. The van der Waals surface area contributed by atoms with E-state index in [9.17, 15) is 19.5 Å². The Hall–Kier alpha value is -4.42. The number of nitrogens with one attached hydrogen (secondary N) is 2. The minimum Gasteiger partial charge on any atom is -0.496 e. The Morgan fingerprint density at radius 1 is 0.982 bits per heavy atom. The topological polar surface area (TPSA) is 138 Å². The number of amides is 2. The first-order valence-electron chi connectivity index (χ1n) is 20.4. The molecule has 1 aromatic heterocycles. The number of fused-ring (bicyclic) bond motifs is 2. The molecule has 1 heterocycles. The van der Waals surface area contributed by atoms with Crippen molar-refractivity contribution >= 4 is 17.8 Å². The Bertz CT molecular complexity index is 1820. The third kappa shape index (κ3) is 8.91. The van der Waals surface area contributed by atoms with E-state index in [2.05, 4.69) is 43.4 Å². The number of carbonyl (C=O) groups is 3. The van der Waals surface area contributed by atoms with Crippen LogP contribution in [0.5, 0.6) is 11.5 Å². The number of ether oxygens (including phenoxy) is 2. The van der Waals surface area contributed by atoms with Crippen molar-refractivity contribution in [3.05, 3.63) is 59.3 Å². The van der Waals surface area contributed by atoms with Crippen LogP contribution in [0.25, 0.3) is 16.9 Å². The Morgan fingerprint density at radius 2 is 1.68 bits per heavy atom. The standard InChI is InChI=1S/C44H64N6O6/c1-10-30-23-31-22-29(4)44(43(53)54,33(24-30)25-31)46-41(51)35-27-37(40-38(55-8)14-11-15-39(40)56-9)50(47-35)36-17-16-32(26-34(36)28(2)3)42(52)49(7)21-13-20-48(6)19-12-18-45-5/h11,14-17,26-31,33,45H,10,12-13,18-25H2,1-9H3,(H,46,51)(H,53,54). The molecule has 3 aromatic rings. The van der Waals surface area contributed by atoms with Crippen LogP contribution in [0.1, 0.15) is 105 Å². The number of carboxylic acid groups (broad SMARTS) is 1. The van der Waals surface area contributed by atoms with Crippen molar-refractivity contribution in [2.75, 3.05) is 61.5 Å². The van der Waals surface area contributed by atoms with E-state index in [4.69, 9.17) is 14.6 Å². The minimum atomic E-state index is -1.41. The summed E-state index contributed by atoms with van der Waals surface area (Å²) in [5.41, 5.74) is 1.91. The summed E-state index contributed by atoms with van der Waals surface area (Å²) in [6.45, 7) is 11.7. The first kappa shape index (κ1) is 42.7. The summed E-state index contributed by atoms with van der Waals surface area (Å²) in [5, 5.41) is 22.1. The normalized spacial score (nSPS) is 21.9. The van der Waals surface area contributed by atoms with E-state index in [1.807, 2.05) is 51.4 Å². The van der Waals surface area contributed by atoms with Crippen LogP contribution in [-0.2, 0) is 4.79 Å². The molecule has 2 aromatic carbocycles. The molecule has 0 aliphatic heterocycles. The average molecular weight is 773 g/mol. The van der Waals surface area contributed by atoms with Crippen molar-refractivity contribution in [1.29, 1.82) is 0 Å². The number of benzene rings is 2. The Kier molecular flexibility index (Phi) is 14.3. The van der Waals surface area contributed by atoms with Gasteiger partial charge in [0.2, 0.25) is 0 Å². The number of aliphatic carboxylic acids is 1. The molecular formula is C44H64N6O6. The van der Waals surface area contributed by atoms with Gasteiger partial charge in [0.1, 0.15) is 17.0 Å². The van der Waals surface area contributed by atoms with E-state index in [-0.39, 0.29) is 29.4 Å². The van der Waals surface area contributed by atoms with E-state index in [0.29, 0.717) is 52.4 Å². The molecule has 12 nitrogen and oxygen atoms in total. The molecule has 0 radical (unpaired) electrons. The summed E-state index contributed by atoms with van der Waals surface area (Å²) < 4.78 is 13.3. The fraction of sp³-hybridized carbons (Fsp3) is 0.591. The monoisotopic (exact) mass is 772 g/mol. The van der Waals surface area contributed by atoms with E-state index >= 15 is 0 Å². The van der Waals surface area contributed by atoms with Crippen molar-refractivity contribution in [3.63, 3.8) is 0 Å². The lowest BCUT2D eigenvalue weighted by atomic mass is 9.56. The molecule has 2 aliphatic carbocycles. The van der Waals surface area contributed by atoms with E-state index in [1.165, 1.54) is 0 Å². The minimum absolute atomic E-state index is 0.0210. The second-order valence-electron chi connectivity index (χ2n) is 16.4. The summed E-state index contributed by atoms with van der Waals surface area (Å²) in [6, 6.07) is 12.8. The van der Waals surface area contributed by atoms with Gasteiger partial charge >= 0.3 is 5.97 Å². The SMILES string of the molecule is CCC1CC2CC(C)C(NC(=O)c3cc(-c4c(OC)cccc4OC)n(-c4ccc(C(=O)N(C)CCCN(C)CCCNC)cc4C(C)C)n3)(C(=O)O)C(C1)C2. The number of methoxy groups -OCH3 is 2. The van der Waals surface area contributed by atoms with Gasteiger partial charge in [0.25, 0.3) is 11.8 Å². The van der Waals surface area contributed by atoms with Gasteiger partial charge in [-0.1, -0.05) is 40.2 Å². The molecule has 2 saturated carbocycles. The number of hydrogen-bond donors (Lipinski definition) is 3. The van der Waals surface area contributed by atoms with Crippen molar-refractivity contribution in [3.8, 4) is 28.4 Å². The number of aromatic nitrogens is 2. The molecule has 0 spiro atoms. The molecule has 5 unspecified atom stereocenters. The van der Waals surface area contributed by atoms with Crippen LogP contribution in [0.2, 0.25) is 0 Å². The fourth-order valence-corrected chi connectivity index (χ4v) is 9.30. The van der Waals surface area contributed by atoms with Crippen LogP contribution >= 0.6 is 0 Å². The zero-order chi connectivity index (χ0) is 40.7. The van der Waals surface area contributed by atoms with E-state index in [1.54, 1.807) is 35.9 Å². The lowest BCUT2D eigenvalue weighted by molar-refractivity contribution is -0.155. The van der Waals surface area contributed by atoms with Gasteiger partial charge in [-0.05, 0) is 144 Å². The lowest BCUT2D eigenvalue weighted by Gasteiger charge is -2.52. The number of hydrogen-bond acceptors (Lipinski definition) is 8. The van der Waals surface area contributed by atoms with Gasteiger partial charge in [-0.25, -0.2) is 9.48 Å². The fourth-order valence-electron chi connectivity index (χ4n) is 9.30. The van der Waals surface area contributed by atoms with Gasteiger partial charge in [-0.15, -0.1) is 0 Å². The van der Waals surface area contributed by atoms with Gasteiger partial charge in [0.05, 0.1) is 31.2 Å². The van der Waals surface area contributed by atoms with E-state index < -0.39 is 17.4 Å². The highest BCUT2D eigenvalue weighted by molar-refractivity contribution is 5.98. The average Bonchev–Trinajstić information content (AvgIpc) is 3.63. The van der Waals surface area contributed by atoms with Crippen LogP contribution in [-0.4, -0.2) is 110 Å². The maximum Gasteiger partial charge on any atom is 0.329 e. The molecule has 306 valence electrons. The molecule has 5 rings (SSSR count). The quantitative estimate of drug-likeness (QED) is 0.120. The van der Waals surface area contributed by atoms with Crippen LogP contribution in [0.4, 0.5) is 0 Å². The number of nitrogens with zero attached hydrogens (tertiary/aromatic N) is 4. The smallest absolute Gasteiger partial charge is 0.329 e. The summed E-state index contributed by atoms with van der Waals surface area (Å²) in [5.74, 6) is -0.107. The molecule has 3 N–H and O–H groups in total. The highest BCUT2D eigenvalue weighted by Gasteiger charge is 2.57. The summed E-state index contributed by atoms with van der Waals surface area (Å²) in [4.78, 5) is 45.6. The predicted molar refractivity (Wildman–Crippen MR) is 220 cm³/mol. The molecular weight excluding hydrogens is 709 g/mol. The zero-order valence-corrected chi connectivity index (χ0v) is 35.0. The molecule has 56 heavy (non-hydrogen) atoms. The second-order valence-corrected chi connectivity index (χ2v) is 16.4. The van der Waals surface area contributed by atoms with Crippen molar-refractivity contribution in [1.82, 2.24) is 30.2 Å². The summed E-state index contributed by atoms with van der Waals surface area (Å²) in [6.07, 6.45) is 6.35. The van der Waals surface area contributed by atoms with E-state index in [0.717, 1.165) is 70.1 Å². The Balaban J connectivity index is 1.53. The molecule has 2 aliphatic rings. The molecule has 2 fully saturated rings. The second kappa shape index (κ2) is 18.7. The zero-order valence-electron chi connectivity index (χ0n) is 35.0. The summed E-state index contributed by atoms with van der Waals surface area (Å²) in [7, 11) is 9.06. The highest BCUT2D eigenvalue weighted by Crippen LogP contribution is 2.51. The third-order valence-electron chi connectivity index (χ3n) is 12.4. The summed E-state index contributed by atoms with van der Waals surface area (Å²) >= 11 is 0. The largest absolute Gasteiger partial charge is 0.496 e. The van der Waals surface area contributed by atoms with Crippen molar-refractivity contribution < 1.29 is 29.0 Å². The number of carboxylic acids is 1. The maximum atomic E-state index is 14.5. The first-order chi connectivity index (χ1) is 26.8. The number of rotatable bonds is 18. The molecule has 0 saturated heterocycles.